The number of allylic oxidation sites excluding steroid dienone is 1. The van der Waals surface area contributed by atoms with E-state index in [4.69, 9.17) is 28.4 Å². The van der Waals surface area contributed by atoms with Gasteiger partial charge < -0.3 is 28.4 Å². The fourth-order valence-corrected chi connectivity index (χ4v) is 4.71. The highest BCUT2D eigenvalue weighted by Crippen LogP contribution is 2.62. The summed E-state index contributed by atoms with van der Waals surface area (Å²) < 4.78 is 33.9. The van der Waals surface area contributed by atoms with Crippen molar-refractivity contribution >= 4 is 11.9 Å². The molecule has 2 bridgehead atoms. The first-order chi connectivity index (χ1) is 15.4. The molecule has 1 saturated heterocycles. The zero-order valence-electron chi connectivity index (χ0n) is 18.5. The molecule has 1 aliphatic carbocycles. The van der Waals surface area contributed by atoms with Crippen LogP contribution in [0.2, 0.25) is 0 Å². The largest absolute Gasteiger partial charge is 0.465 e. The summed E-state index contributed by atoms with van der Waals surface area (Å²) in [5, 5.41) is 19.9. The van der Waals surface area contributed by atoms with Crippen molar-refractivity contribution in [3.05, 3.63) is 23.5 Å². The summed E-state index contributed by atoms with van der Waals surface area (Å²) in [5.74, 6) is -3.51. The molecule has 6 atom stereocenters. The van der Waals surface area contributed by atoms with Crippen LogP contribution in [0.1, 0.15) is 27.7 Å². The molecule has 0 aromatic rings. The minimum absolute atomic E-state index is 0.0265. The van der Waals surface area contributed by atoms with Gasteiger partial charge in [-0.3, -0.25) is 4.79 Å². The summed E-state index contributed by atoms with van der Waals surface area (Å²) in [6, 6.07) is 3.94. The summed E-state index contributed by atoms with van der Waals surface area (Å²) >= 11 is 0. The monoisotopic (exact) mass is 446 g/mol. The summed E-state index contributed by atoms with van der Waals surface area (Å²) in [7, 11) is 0. The Balaban J connectivity index is 2.36. The van der Waals surface area contributed by atoms with Gasteiger partial charge in [0.05, 0.1) is 25.0 Å². The van der Waals surface area contributed by atoms with Gasteiger partial charge in [-0.1, -0.05) is 0 Å². The maximum Gasteiger partial charge on any atom is 0.334 e. The molecule has 10 nitrogen and oxygen atoms in total. The molecule has 0 saturated carbocycles. The molecular weight excluding hydrogens is 420 g/mol. The van der Waals surface area contributed by atoms with Gasteiger partial charge in [-0.05, 0) is 39.8 Å². The fraction of sp³-hybridized carbons (Fsp3) is 0.636. The molecule has 172 valence electrons. The Bertz CT molecular complexity index is 916. The Labute approximate surface area is 186 Å². The first-order valence-electron chi connectivity index (χ1n) is 10.6. The van der Waals surface area contributed by atoms with Crippen LogP contribution in [-0.2, 0) is 38.0 Å². The lowest BCUT2D eigenvalue weighted by molar-refractivity contribution is -0.321. The van der Waals surface area contributed by atoms with Crippen molar-refractivity contribution in [1.82, 2.24) is 0 Å². The molecule has 3 aliphatic heterocycles. The normalized spacial score (nSPS) is 34.7. The second kappa shape index (κ2) is 9.29. The van der Waals surface area contributed by atoms with Crippen molar-refractivity contribution in [2.75, 3.05) is 26.4 Å². The van der Waals surface area contributed by atoms with Crippen molar-refractivity contribution < 1.29 is 38.0 Å². The number of esters is 2. The lowest BCUT2D eigenvalue weighted by Crippen LogP contribution is -2.72. The van der Waals surface area contributed by atoms with Gasteiger partial charge in [-0.2, -0.15) is 10.5 Å². The van der Waals surface area contributed by atoms with E-state index in [9.17, 15) is 20.1 Å². The average Bonchev–Trinajstić information content (AvgIpc) is 2.79. The quantitative estimate of drug-likeness (QED) is 0.507. The Morgan fingerprint density at radius 2 is 1.66 bits per heavy atom. The van der Waals surface area contributed by atoms with Crippen LogP contribution in [0.5, 0.6) is 0 Å². The Kier molecular flexibility index (Phi) is 6.89. The van der Waals surface area contributed by atoms with Crippen molar-refractivity contribution in [3.63, 3.8) is 0 Å². The van der Waals surface area contributed by atoms with E-state index in [1.165, 1.54) is 12.2 Å². The number of carbonyl (C=O) groups excluding carboxylic acids is 2. The van der Waals surface area contributed by atoms with Crippen LogP contribution in [0.3, 0.4) is 0 Å². The van der Waals surface area contributed by atoms with E-state index in [1.54, 1.807) is 27.7 Å². The zero-order chi connectivity index (χ0) is 23.5. The predicted octanol–water partition coefficient (Wildman–Crippen LogP) is 1.73. The number of fused-ring (bicyclic) bond motifs is 1. The standard InChI is InChI=1S/C22H26N2O8/c1-5-27-17(25)14-10-21(12-24)22(20(26)30-8-4)9-13(11-23)31-19(29-7-3)16(22)15(14)18(32-21)28-6-2/h9-10,15-16,18-19H,5-8H2,1-4H3/t15-,16+,18+,19-,21-,22+/m0/s1. The molecular formula is C22H26N2O8. The lowest BCUT2D eigenvalue weighted by atomic mass is 9.51. The van der Waals surface area contributed by atoms with Gasteiger partial charge in [-0.25, -0.2) is 4.79 Å². The first kappa shape index (κ1) is 23.7. The highest BCUT2D eigenvalue weighted by molar-refractivity contribution is 5.93. The molecule has 0 aromatic heterocycles. The van der Waals surface area contributed by atoms with Crippen molar-refractivity contribution in [1.29, 1.82) is 10.5 Å². The molecule has 10 heteroatoms. The van der Waals surface area contributed by atoms with Gasteiger partial charge in [0, 0.05) is 18.8 Å². The van der Waals surface area contributed by atoms with Crippen LogP contribution in [0, 0.1) is 39.9 Å². The SMILES string of the molecule is CCOC(=O)C1=C[C@@]2(C#N)O[C@@H](OCC)[C@@H]1[C@@H]1[C@@H](OCC)OC(C#N)=C[C@]12C(=O)OCC. The number of hydrogen-bond acceptors (Lipinski definition) is 10. The molecule has 3 heterocycles. The number of rotatable bonds is 8. The van der Waals surface area contributed by atoms with Crippen LogP contribution in [-0.4, -0.2) is 56.5 Å². The van der Waals surface area contributed by atoms with Crippen molar-refractivity contribution in [2.24, 2.45) is 17.3 Å². The molecule has 0 aromatic carbocycles. The number of nitriles is 2. The minimum Gasteiger partial charge on any atom is -0.465 e. The number of hydrogen-bond donors (Lipinski definition) is 0. The smallest absolute Gasteiger partial charge is 0.334 e. The molecule has 0 amide bonds. The topological polar surface area (TPSA) is 137 Å². The lowest BCUT2D eigenvalue weighted by Gasteiger charge is -2.60. The van der Waals surface area contributed by atoms with E-state index in [-0.39, 0.29) is 37.8 Å². The highest BCUT2D eigenvalue weighted by Gasteiger charge is 2.76. The Morgan fingerprint density at radius 1 is 1.00 bits per heavy atom. The molecule has 0 spiro atoms. The van der Waals surface area contributed by atoms with Gasteiger partial charge in [0.1, 0.15) is 17.6 Å². The summed E-state index contributed by atoms with van der Waals surface area (Å²) in [5.41, 5.74) is -3.71. The molecule has 4 rings (SSSR count). The van der Waals surface area contributed by atoms with Gasteiger partial charge in [0.15, 0.2) is 17.7 Å². The molecule has 1 fully saturated rings. The van der Waals surface area contributed by atoms with Crippen LogP contribution >= 0.6 is 0 Å². The summed E-state index contributed by atoms with van der Waals surface area (Å²) in [6.07, 6.45) is 0.340. The van der Waals surface area contributed by atoms with Gasteiger partial charge in [-0.15, -0.1) is 0 Å². The predicted molar refractivity (Wildman–Crippen MR) is 106 cm³/mol. The van der Waals surface area contributed by atoms with Gasteiger partial charge in [0.2, 0.25) is 6.29 Å². The van der Waals surface area contributed by atoms with Gasteiger partial charge in [0.25, 0.3) is 0 Å². The van der Waals surface area contributed by atoms with E-state index < -0.39 is 47.4 Å². The number of carbonyl (C=O) groups is 2. The first-order valence-corrected chi connectivity index (χ1v) is 10.6. The number of ether oxygens (including phenoxy) is 6. The summed E-state index contributed by atoms with van der Waals surface area (Å²) in [6.45, 7) is 7.29. The van der Waals surface area contributed by atoms with Crippen LogP contribution < -0.4 is 0 Å². The second-order valence-electron chi connectivity index (χ2n) is 7.31. The van der Waals surface area contributed by atoms with Crippen LogP contribution in [0.4, 0.5) is 0 Å². The van der Waals surface area contributed by atoms with E-state index >= 15 is 0 Å². The summed E-state index contributed by atoms with van der Waals surface area (Å²) in [4.78, 5) is 26.4. The van der Waals surface area contributed by atoms with Crippen LogP contribution in [0.25, 0.3) is 0 Å². The number of nitrogens with zero attached hydrogens (tertiary/aromatic N) is 2. The van der Waals surface area contributed by atoms with E-state index in [0.29, 0.717) is 0 Å². The highest BCUT2D eigenvalue weighted by atomic mass is 16.7. The Morgan fingerprint density at radius 3 is 2.22 bits per heavy atom. The average molecular weight is 446 g/mol. The third kappa shape index (κ3) is 3.36. The molecule has 0 unspecified atom stereocenters. The molecule has 0 N–H and O–H groups in total. The fourth-order valence-electron chi connectivity index (χ4n) is 4.71. The molecule has 0 radical (unpaired) electrons. The van der Waals surface area contributed by atoms with Crippen molar-refractivity contribution in [3.8, 4) is 12.1 Å². The van der Waals surface area contributed by atoms with E-state index in [1.807, 2.05) is 6.07 Å². The molecule has 4 aliphatic rings. The maximum atomic E-state index is 13.5. The van der Waals surface area contributed by atoms with Crippen molar-refractivity contribution in [2.45, 2.75) is 45.9 Å². The zero-order valence-corrected chi connectivity index (χ0v) is 18.5. The third-order valence-electron chi connectivity index (χ3n) is 5.80. The van der Waals surface area contributed by atoms with Gasteiger partial charge >= 0.3 is 11.9 Å². The second-order valence-corrected chi connectivity index (χ2v) is 7.31. The minimum atomic E-state index is -2.03. The molecule has 32 heavy (non-hydrogen) atoms. The third-order valence-corrected chi connectivity index (χ3v) is 5.80. The Hall–Kier alpha value is -2.92. The maximum absolute atomic E-state index is 13.5. The van der Waals surface area contributed by atoms with E-state index in [2.05, 4.69) is 6.07 Å². The van der Waals surface area contributed by atoms with E-state index in [0.717, 1.165) is 0 Å². The van der Waals surface area contributed by atoms with Crippen LogP contribution in [0.15, 0.2) is 23.5 Å².